The van der Waals surface area contributed by atoms with Crippen LogP contribution in [0.3, 0.4) is 0 Å². The van der Waals surface area contributed by atoms with Crippen LogP contribution < -0.4 is 10.1 Å². The number of carbonyl (C=O) groups is 1. The van der Waals surface area contributed by atoms with Gasteiger partial charge in [0.25, 0.3) is 5.91 Å². The van der Waals surface area contributed by atoms with Crippen molar-refractivity contribution in [3.63, 3.8) is 0 Å². The molecule has 100 valence electrons. The molecular formula is C14H16N2O3. The maximum atomic E-state index is 11.9. The van der Waals surface area contributed by atoms with Crippen molar-refractivity contribution in [3.05, 3.63) is 47.2 Å². The molecule has 0 aliphatic rings. The lowest BCUT2D eigenvalue weighted by Crippen LogP contribution is -2.23. The number of ether oxygens (including phenoxy) is 1. The van der Waals surface area contributed by atoms with Crippen LogP contribution in [0.1, 0.15) is 27.7 Å². The van der Waals surface area contributed by atoms with Gasteiger partial charge in [0.05, 0.1) is 7.11 Å². The number of rotatable bonds is 4. The Labute approximate surface area is 111 Å². The van der Waals surface area contributed by atoms with Crippen molar-refractivity contribution in [1.29, 1.82) is 0 Å². The van der Waals surface area contributed by atoms with Crippen LogP contribution in [0.5, 0.6) is 5.75 Å². The van der Waals surface area contributed by atoms with Crippen molar-refractivity contribution in [1.82, 2.24) is 10.3 Å². The molecule has 0 aliphatic heterocycles. The number of hydrogen-bond donors (Lipinski definition) is 1. The average Bonchev–Trinajstić information content (AvgIpc) is 2.75. The first-order valence-electron chi connectivity index (χ1n) is 5.95. The highest BCUT2D eigenvalue weighted by atomic mass is 16.5. The van der Waals surface area contributed by atoms with Gasteiger partial charge in [-0.25, -0.2) is 4.98 Å². The van der Waals surface area contributed by atoms with Crippen LogP contribution in [0.25, 0.3) is 0 Å². The van der Waals surface area contributed by atoms with Crippen LogP contribution in [-0.4, -0.2) is 18.0 Å². The summed E-state index contributed by atoms with van der Waals surface area (Å²) in [7, 11) is 1.61. The first-order chi connectivity index (χ1) is 9.10. The number of hydrogen-bond acceptors (Lipinski definition) is 4. The lowest BCUT2D eigenvalue weighted by molar-refractivity contribution is 0.0945. The van der Waals surface area contributed by atoms with Crippen LogP contribution in [0.15, 0.2) is 28.7 Å². The third kappa shape index (κ3) is 3.13. The third-order valence-corrected chi connectivity index (χ3v) is 2.71. The molecule has 0 spiro atoms. The van der Waals surface area contributed by atoms with E-state index in [1.807, 2.05) is 24.3 Å². The molecule has 0 aliphatic carbocycles. The van der Waals surface area contributed by atoms with Crippen molar-refractivity contribution in [2.24, 2.45) is 0 Å². The van der Waals surface area contributed by atoms with Gasteiger partial charge in [-0.3, -0.25) is 4.79 Å². The Kier molecular flexibility index (Phi) is 3.85. The SMILES string of the molecule is COc1cccc(CNC(=O)c2nc(C)oc2C)c1. The predicted molar refractivity (Wildman–Crippen MR) is 70.1 cm³/mol. The molecular weight excluding hydrogens is 244 g/mol. The summed E-state index contributed by atoms with van der Waals surface area (Å²) in [5, 5.41) is 2.80. The van der Waals surface area contributed by atoms with Crippen LogP contribution in [0, 0.1) is 13.8 Å². The average molecular weight is 260 g/mol. The van der Waals surface area contributed by atoms with E-state index in [1.54, 1.807) is 21.0 Å². The number of amides is 1. The highest BCUT2D eigenvalue weighted by molar-refractivity contribution is 5.93. The number of benzene rings is 1. The number of nitrogens with zero attached hydrogens (tertiary/aromatic N) is 1. The smallest absolute Gasteiger partial charge is 0.273 e. The first-order valence-corrected chi connectivity index (χ1v) is 5.95. The standard InChI is InChI=1S/C14H16N2O3/c1-9-13(16-10(2)19-9)14(17)15-8-11-5-4-6-12(7-11)18-3/h4-7H,8H2,1-3H3,(H,15,17). The monoisotopic (exact) mass is 260 g/mol. The van der Waals surface area contributed by atoms with E-state index in [-0.39, 0.29) is 5.91 Å². The van der Waals surface area contributed by atoms with Gasteiger partial charge in [-0.05, 0) is 24.6 Å². The summed E-state index contributed by atoms with van der Waals surface area (Å²) >= 11 is 0. The summed E-state index contributed by atoms with van der Waals surface area (Å²) in [6.45, 7) is 3.85. The van der Waals surface area contributed by atoms with Crippen LogP contribution in [0.2, 0.25) is 0 Å². The molecule has 0 saturated heterocycles. The largest absolute Gasteiger partial charge is 0.497 e. The number of oxazole rings is 1. The Morgan fingerprint density at radius 2 is 2.21 bits per heavy atom. The highest BCUT2D eigenvalue weighted by Gasteiger charge is 2.14. The van der Waals surface area contributed by atoms with Crippen LogP contribution in [-0.2, 0) is 6.54 Å². The van der Waals surface area contributed by atoms with Crippen molar-refractivity contribution in [2.75, 3.05) is 7.11 Å². The van der Waals surface area contributed by atoms with Crippen molar-refractivity contribution in [3.8, 4) is 5.75 Å². The van der Waals surface area contributed by atoms with E-state index >= 15 is 0 Å². The minimum Gasteiger partial charge on any atom is -0.497 e. The first kappa shape index (κ1) is 13.1. The molecule has 5 nitrogen and oxygen atoms in total. The van der Waals surface area contributed by atoms with Gasteiger partial charge in [-0.15, -0.1) is 0 Å². The minimum atomic E-state index is -0.239. The molecule has 0 saturated carbocycles. The van der Waals surface area contributed by atoms with E-state index < -0.39 is 0 Å². The van der Waals surface area contributed by atoms with E-state index in [9.17, 15) is 4.79 Å². The fourth-order valence-electron chi connectivity index (χ4n) is 1.79. The van der Waals surface area contributed by atoms with Gasteiger partial charge < -0.3 is 14.5 Å². The summed E-state index contributed by atoms with van der Waals surface area (Å²) in [6, 6.07) is 7.53. The van der Waals surface area contributed by atoms with Crippen LogP contribution >= 0.6 is 0 Å². The Bertz CT molecular complexity index is 590. The molecule has 0 radical (unpaired) electrons. The van der Waals surface area contributed by atoms with E-state index in [1.165, 1.54) is 0 Å². The van der Waals surface area contributed by atoms with Gasteiger partial charge in [0, 0.05) is 13.5 Å². The summed E-state index contributed by atoms with van der Waals surface area (Å²) in [5.74, 6) is 1.54. The molecule has 1 heterocycles. The summed E-state index contributed by atoms with van der Waals surface area (Å²) < 4.78 is 10.4. The van der Waals surface area contributed by atoms with Gasteiger partial charge in [-0.2, -0.15) is 0 Å². The van der Waals surface area contributed by atoms with Crippen molar-refractivity contribution >= 4 is 5.91 Å². The Morgan fingerprint density at radius 3 is 2.84 bits per heavy atom. The molecule has 1 aromatic heterocycles. The highest BCUT2D eigenvalue weighted by Crippen LogP contribution is 2.13. The molecule has 2 aromatic rings. The molecule has 19 heavy (non-hydrogen) atoms. The second-order valence-electron chi connectivity index (χ2n) is 4.17. The fourth-order valence-corrected chi connectivity index (χ4v) is 1.79. The van der Waals surface area contributed by atoms with Gasteiger partial charge in [0.2, 0.25) is 0 Å². The Hall–Kier alpha value is -2.30. The quantitative estimate of drug-likeness (QED) is 0.915. The van der Waals surface area contributed by atoms with Gasteiger partial charge in [-0.1, -0.05) is 12.1 Å². The summed E-state index contributed by atoms with van der Waals surface area (Å²) in [5.41, 5.74) is 1.30. The molecule has 1 N–H and O–H groups in total. The maximum Gasteiger partial charge on any atom is 0.273 e. The molecule has 1 aromatic carbocycles. The predicted octanol–water partition coefficient (Wildman–Crippen LogP) is 2.23. The summed E-state index contributed by atoms with van der Waals surface area (Å²) in [6.07, 6.45) is 0. The normalized spacial score (nSPS) is 10.3. The Balaban J connectivity index is 2.02. The van der Waals surface area contributed by atoms with Gasteiger partial charge in [0.15, 0.2) is 11.6 Å². The lowest BCUT2D eigenvalue weighted by Gasteiger charge is -2.05. The minimum absolute atomic E-state index is 0.239. The van der Waals surface area contributed by atoms with E-state index in [4.69, 9.17) is 9.15 Å². The zero-order chi connectivity index (χ0) is 13.8. The maximum absolute atomic E-state index is 11.9. The number of aromatic nitrogens is 1. The topological polar surface area (TPSA) is 64.4 Å². The van der Waals surface area contributed by atoms with E-state index in [0.717, 1.165) is 11.3 Å². The second kappa shape index (κ2) is 5.56. The molecule has 2 rings (SSSR count). The molecule has 1 amide bonds. The molecule has 0 unspecified atom stereocenters. The second-order valence-corrected chi connectivity index (χ2v) is 4.17. The number of nitrogens with one attached hydrogen (secondary N) is 1. The van der Waals surface area contributed by atoms with Crippen molar-refractivity contribution in [2.45, 2.75) is 20.4 Å². The zero-order valence-electron chi connectivity index (χ0n) is 11.2. The molecule has 0 fully saturated rings. The van der Waals surface area contributed by atoms with E-state index in [2.05, 4.69) is 10.3 Å². The third-order valence-electron chi connectivity index (χ3n) is 2.71. The lowest BCUT2D eigenvalue weighted by atomic mass is 10.2. The number of methoxy groups -OCH3 is 1. The Morgan fingerprint density at radius 1 is 1.42 bits per heavy atom. The zero-order valence-corrected chi connectivity index (χ0v) is 11.2. The van der Waals surface area contributed by atoms with Gasteiger partial charge in [0.1, 0.15) is 11.5 Å². The van der Waals surface area contributed by atoms with Gasteiger partial charge >= 0.3 is 0 Å². The van der Waals surface area contributed by atoms with Crippen LogP contribution in [0.4, 0.5) is 0 Å². The van der Waals surface area contributed by atoms with Crippen molar-refractivity contribution < 1.29 is 13.9 Å². The molecule has 5 heteroatoms. The fraction of sp³-hybridized carbons (Fsp3) is 0.286. The molecule has 0 bridgehead atoms. The molecule has 0 atom stereocenters. The van der Waals surface area contributed by atoms with E-state index in [0.29, 0.717) is 23.9 Å². The number of carbonyl (C=O) groups excluding carboxylic acids is 1. The summed E-state index contributed by atoms with van der Waals surface area (Å²) in [4.78, 5) is 16.0. The number of aryl methyl sites for hydroxylation is 2.